The lowest BCUT2D eigenvalue weighted by atomic mass is 10.1. The van der Waals surface area contributed by atoms with Gasteiger partial charge in [0.2, 0.25) is 0 Å². The van der Waals surface area contributed by atoms with Crippen LogP contribution >= 0.6 is 35.6 Å². The summed E-state index contributed by atoms with van der Waals surface area (Å²) in [5, 5.41) is 11.9. The number of guanidine groups is 1. The van der Waals surface area contributed by atoms with Crippen molar-refractivity contribution >= 4 is 41.5 Å². The maximum atomic E-state index is 6.25. The van der Waals surface area contributed by atoms with Gasteiger partial charge >= 0.3 is 0 Å². The normalized spacial score (nSPS) is 12.5. The molecular weight excluding hydrogens is 437 g/mol. The number of hydrogen-bond donors (Lipinski definition) is 2. The number of rotatable bonds is 4. The summed E-state index contributed by atoms with van der Waals surface area (Å²) < 4.78 is 1.90. The number of nitrogens with one attached hydrogen (secondary N) is 2. The van der Waals surface area contributed by atoms with E-state index in [1.807, 2.05) is 42.9 Å². The predicted octanol–water partition coefficient (Wildman–Crippen LogP) is 3.73. The first-order valence-electron chi connectivity index (χ1n) is 7.64. The van der Waals surface area contributed by atoms with E-state index in [2.05, 4.69) is 34.6 Å². The van der Waals surface area contributed by atoms with Crippen LogP contribution in [0.15, 0.2) is 29.3 Å². The molecule has 0 fully saturated rings. The highest BCUT2D eigenvalue weighted by Crippen LogP contribution is 2.22. The SMILES string of the molecule is CN=C(NCc1c(C)nn(C)c1C)NC(C)c1ccccc1Cl.I. The molecule has 0 bridgehead atoms. The Bertz CT molecular complexity index is 711. The molecule has 0 saturated heterocycles. The monoisotopic (exact) mass is 461 g/mol. The Kier molecular flexibility index (Phi) is 8.02. The minimum atomic E-state index is 0. The second-order valence-corrected chi connectivity index (χ2v) is 5.99. The summed E-state index contributed by atoms with van der Waals surface area (Å²) in [7, 11) is 3.72. The molecule has 2 rings (SSSR count). The van der Waals surface area contributed by atoms with Gasteiger partial charge in [0.05, 0.1) is 11.7 Å². The lowest BCUT2D eigenvalue weighted by Gasteiger charge is -2.19. The van der Waals surface area contributed by atoms with E-state index < -0.39 is 0 Å². The number of aryl methyl sites for hydroxylation is 2. The van der Waals surface area contributed by atoms with E-state index in [1.54, 1.807) is 7.05 Å². The molecule has 0 aliphatic carbocycles. The number of nitrogens with zero attached hydrogens (tertiary/aromatic N) is 3. The molecule has 0 radical (unpaired) electrons. The van der Waals surface area contributed by atoms with Crippen molar-refractivity contribution in [2.45, 2.75) is 33.4 Å². The summed E-state index contributed by atoms with van der Waals surface area (Å²) in [6.07, 6.45) is 0. The van der Waals surface area contributed by atoms with Gasteiger partial charge in [0.1, 0.15) is 0 Å². The standard InChI is InChI=1S/C17H24ClN5.HI/c1-11(14-8-6-7-9-16(14)18)21-17(19-4)20-10-15-12(2)22-23(5)13(15)3;/h6-9,11H,10H2,1-5H3,(H2,19,20,21);1H. The van der Waals surface area contributed by atoms with Gasteiger partial charge in [0.25, 0.3) is 0 Å². The van der Waals surface area contributed by atoms with Crippen LogP contribution in [0.5, 0.6) is 0 Å². The van der Waals surface area contributed by atoms with E-state index in [4.69, 9.17) is 11.6 Å². The topological polar surface area (TPSA) is 54.2 Å². The third kappa shape index (κ3) is 4.86. The molecule has 0 spiro atoms. The average molecular weight is 462 g/mol. The fraction of sp³-hybridized carbons (Fsp3) is 0.412. The van der Waals surface area contributed by atoms with Crippen LogP contribution in [-0.2, 0) is 13.6 Å². The molecule has 2 aromatic rings. The number of benzene rings is 1. The highest BCUT2D eigenvalue weighted by molar-refractivity contribution is 14.0. The van der Waals surface area contributed by atoms with Crippen LogP contribution in [-0.4, -0.2) is 22.8 Å². The minimum absolute atomic E-state index is 0. The van der Waals surface area contributed by atoms with Gasteiger partial charge in [-0.2, -0.15) is 5.10 Å². The number of aliphatic imine (C=N–C) groups is 1. The van der Waals surface area contributed by atoms with Crippen molar-refractivity contribution in [2.75, 3.05) is 7.05 Å². The molecule has 1 heterocycles. The van der Waals surface area contributed by atoms with E-state index >= 15 is 0 Å². The summed E-state index contributed by atoms with van der Waals surface area (Å²) in [6, 6.07) is 7.89. The summed E-state index contributed by atoms with van der Waals surface area (Å²) >= 11 is 6.25. The van der Waals surface area contributed by atoms with Gasteiger partial charge in [0.15, 0.2) is 5.96 Å². The third-order valence-electron chi connectivity index (χ3n) is 4.04. The van der Waals surface area contributed by atoms with E-state index in [0.717, 1.165) is 27.9 Å². The van der Waals surface area contributed by atoms with Gasteiger partial charge in [-0.15, -0.1) is 24.0 Å². The first kappa shape index (κ1) is 20.8. The summed E-state index contributed by atoms with van der Waals surface area (Å²) in [5.74, 6) is 0.736. The summed E-state index contributed by atoms with van der Waals surface area (Å²) in [4.78, 5) is 4.29. The number of hydrogen-bond acceptors (Lipinski definition) is 2. The van der Waals surface area contributed by atoms with Crippen molar-refractivity contribution < 1.29 is 0 Å². The Morgan fingerprint density at radius 2 is 2.00 bits per heavy atom. The molecule has 1 aromatic heterocycles. The second-order valence-electron chi connectivity index (χ2n) is 5.59. The summed E-state index contributed by atoms with van der Waals surface area (Å²) in [5.41, 5.74) is 4.43. The van der Waals surface area contributed by atoms with Crippen molar-refractivity contribution in [2.24, 2.45) is 12.0 Å². The molecule has 1 unspecified atom stereocenters. The summed E-state index contributed by atoms with van der Waals surface area (Å²) in [6.45, 7) is 6.83. The number of aromatic nitrogens is 2. The Balaban J connectivity index is 0.00000288. The minimum Gasteiger partial charge on any atom is -0.352 e. The van der Waals surface area contributed by atoms with Gasteiger partial charge in [-0.1, -0.05) is 29.8 Å². The van der Waals surface area contributed by atoms with Gasteiger partial charge in [0, 0.05) is 36.9 Å². The second kappa shape index (κ2) is 9.27. The van der Waals surface area contributed by atoms with Crippen molar-refractivity contribution in [3.63, 3.8) is 0 Å². The molecule has 1 aromatic carbocycles. The largest absolute Gasteiger partial charge is 0.352 e. The van der Waals surface area contributed by atoms with Crippen LogP contribution in [0.1, 0.15) is 35.5 Å². The quantitative estimate of drug-likeness (QED) is 0.414. The molecule has 2 N–H and O–H groups in total. The van der Waals surface area contributed by atoms with Crippen LogP contribution in [0.25, 0.3) is 0 Å². The molecule has 1 atom stereocenters. The first-order valence-corrected chi connectivity index (χ1v) is 8.02. The predicted molar refractivity (Wildman–Crippen MR) is 111 cm³/mol. The first-order chi connectivity index (χ1) is 10.9. The fourth-order valence-electron chi connectivity index (χ4n) is 2.55. The zero-order valence-corrected chi connectivity index (χ0v) is 17.8. The molecule has 5 nitrogen and oxygen atoms in total. The Labute approximate surface area is 165 Å². The Morgan fingerprint density at radius 1 is 1.33 bits per heavy atom. The van der Waals surface area contributed by atoms with Gasteiger partial charge < -0.3 is 10.6 Å². The maximum Gasteiger partial charge on any atom is 0.191 e. The zero-order chi connectivity index (χ0) is 17.0. The van der Waals surface area contributed by atoms with Crippen LogP contribution in [0.2, 0.25) is 5.02 Å². The Morgan fingerprint density at radius 3 is 2.54 bits per heavy atom. The smallest absolute Gasteiger partial charge is 0.191 e. The highest BCUT2D eigenvalue weighted by Gasteiger charge is 2.13. The average Bonchev–Trinajstić information content (AvgIpc) is 2.77. The van der Waals surface area contributed by atoms with Crippen LogP contribution < -0.4 is 10.6 Å². The molecule has 132 valence electrons. The fourth-order valence-corrected chi connectivity index (χ4v) is 2.85. The lowest BCUT2D eigenvalue weighted by Crippen LogP contribution is -2.38. The molecule has 0 amide bonds. The lowest BCUT2D eigenvalue weighted by molar-refractivity contribution is 0.684. The van der Waals surface area contributed by atoms with E-state index in [1.165, 1.54) is 5.56 Å². The van der Waals surface area contributed by atoms with E-state index in [-0.39, 0.29) is 30.0 Å². The molecular formula is C17H25ClIN5. The number of halogens is 2. The third-order valence-corrected chi connectivity index (χ3v) is 4.38. The Hall–Kier alpha value is -1.28. The van der Waals surface area contributed by atoms with Crippen molar-refractivity contribution in [1.29, 1.82) is 0 Å². The zero-order valence-electron chi connectivity index (χ0n) is 14.7. The maximum absolute atomic E-state index is 6.25. The van der Waals surface area contributed by atoms with E-state index in [0.29, 0.717) is 6.54 Å². The van der Waals surface area contributed by atoms with Crippen LogP contribution in [0.3, 0.4) is 0 Å². The van der Waals surface area contributed by atoms with Crippen molar-refractivity contribution in [3.05, 3.63) is 51.8 Å². The molecule has 0 aliphatic rings. The van der Waals surface area contributed by atoms with Gasteiger partial charge in [-0.05, 0) is 32.4 Å². The molecule has 7 heteroatoms. The highest BCUT2D eigenvalue weighted by atomic mass is 127. The molecule has 0 saturated carbocycles. The van der Waals surface area contributed by atoms with Gasteiger partial charge in [-0.25, -0.2) is 0 Å². The van der Waals surface area contributed by atoms with E-state index in [9.17, 15) is 0 Å². The van der Waals surface area contributed by atoms with Crippen molar-refractivity contribution in [1.82, 2.24) is 20.4 Å². The van der Waals surface area contributed by atoms with Crippen LogP contribution in [0, 0.1) is 13.8 Å². The molecule has 0 aliphatic heterocycles. The van der Waals surface area contributed by atoms with Gasteiger partial charge in [-0.3, -0.25) is 9.67 Å². The molecule has 24 heavy (non-hydrogen) atoms. The van der Waals surface area contributed by atoms with Crippen molar-refractivity contribution in [3.8, 4) is 0 Å². The van der Waals surface area contributed by atoms with Crippen LogP contribution in [0.4, 0.5) is 0 Å².